The van der Waals surface area contributed by atoms with Gasteiger partial charge < -0.3 is 24.8 Å². The van der Waals surface area contributed by atoms with Crippen LogP contribution in [0.1, 0.15) is 69.4 Å². The molecule has 0 nitrogen and oxygen atoms in total. The average Bonchev–Trinajstić information content (AvgIpc) is 3.50. The Bertz CT molecular complexity index is 1900. The third-order valence-corrected chi connectivity index (χ3v) is 8.45. The minimum atomic E-state index is 0. The molecule has 246 valence electrons. The Morgan fingerprint density at radius 3 is 1.47 bits per heavy atom. The summed E-state index contributed by atoms with van der Waals surface area (Å²) in [5, 5.41) is 5.44. The molecule has 4 heteroatoms. The maximum Gasteiger partial charge on any atom is -0.0132 e. The topological polar surface area (TPSA) is 0 Å². The second kappa shape index (κ2) is 16.9. The standard InChI is InChI=1S/C21H23.C20H21.C2H6Si.2ClH.Zr/c1-14-13-17-7-6-8-19(20(17)15(14)2)16-9-11-18(12-10-16)21(3,4)5;1-14-12-16-6-5-7-18(19(16)13-14)15-8-10-17(11-9-15)20(2,3)4;1-3-2;;;/h6-13H,1-5H3;5-13H,1-4H3;1-2H3;2*1H;/q2*-1;;;;+2/p-2. The van der Waals surface area contributed by atoms with Gasteiger partial charge in [0.2, 0.25) is 0 Å². The molecule has 0 saturated carbocycles. The summed E-state index contributed by atoms with van der Waals surface area (Å²) in [5.74, 6) is 0. The van der Waals surface area contributed by atoms with E-state index in [9.17, 15) is 0 Å². The second-order valence-corrected chi connectivity index (χ2v) is 24.1. The molecule has 0 amide bonds. The summed E-state index contributed by atoms with van der Waals surface area (Å²) in [6.45, 7) is 24.7. The van der Waals surface area contributed by atoms with Crippen molar-refractivity contribution in [2.75, 3.05) is 0 Å². The molecule has 6 aromatic rings. The minimum Gasteiger partial charge on any atom is -1.00 e. The fourth-order valence-corrected chi connectivity index (χ4v) is 5.82. The van der Waals surface area contributed by atoms with Gasteiger partial charge in [-0.1, -0.05) is 134 Å². The van der Waals surface area contributed by atoms with Crippen LogP contribution in [-0.2, 0) is 34.2 Å². The first-order valence-corrected chi connectivity index (χ1v) is 22.3. The first-order valence-electron chi connectivity index (χ1n) is 16.1. The van der Waals surface area contributed by atoms with Gasteiger partial charge in [-0.25, -0.2) is 0 Å². The largest absolute Gasteiger partial charge is 1.00 e. The van der Waals surface area contributed by atoms with Crippen molar-refractivity contribution in [3.63, 3.8) is 0 Å². The molecule has 6 rings (SSSR count). The number of aryl methyl sites for hydroxylation is 3. The van der Waals surface area contributed by atoms with Crippen molar-refractivity contribution in [2.24, 2.45) is 0 Å². The maximum absolute atomic E-state index is 2.31. The molecule has 6 aromatic carbocycles. The second-order valence-electron chi connectivity index (χ2n) is 14.7. The molecule has 0 heterocycles. The zero-order valence-electron chi connectivity index (χ0n) is 30.1. The van der Waals surface area contributed by atoms with Crippen LogP contribution in [0.15, 0.2) is 103 Å². The SMILES string of the molecule is C[Si](C)=[Zr+2].Cc1[cH-]c2cccc(-c3ccc(C(C)(C)C)cc3)c2c1C.Cc1cc2c(-c3ccc(C(C)(C)C)cc3)cccc2[cH-]1.[Cl-].[Cl-]. The summed E-state index contributed by atoms with van der Waals surface area (Å²) in [5.41, 5.74) is 12.8. The van der Waals surface area contributed by atoms with Crippen molar-refractivity contribution in [1.29, 1.82) is 0 Å². The van der Waals surface area contributed by atoms with Gasteiger partial charge in [-0.2, -0.15) is 11.6 Å². The van der Waals surface area contributed by atoms with E-state index in [-0.39, 0.29) is 41.1 Å². The van der Waals surface area contributed by atoms with Crippen LogP contribution < -0.4 is 24.8 Å². The molecule has 0 aliphatic carbocycles. The Kier molecular flexibility index (Phi) is 14.8. The molecule has 47 heavy (non-hydrogen) atoms. The molecule has 0 aliphatic rings. The Labute approximate surface area is 312 Å². The smallest absolute Gasteiger partial charge is 0.0132 e. The third-order valence-electron chi connectivity index (χ3n) is 8.45. The van der Waals surface area contributed by atoms with E-state index in [2.05, 4.69) is 179 Å². The summed E-state index contributed by atoms with van der Waals surface area (Å²) < 4.78 is 0. The van der Waals surface area contributed by atoms with Gasteiger partial charge in [0.05, 0.1) is 0 Å². The minimum absolute atomic E-state index is 0. The van der Waals surface area contributed by atoms with Crippen molar-refractivity contribution in [3.05, 3.63) is 131 Å². The molecule has 0 atom stereocenters. The van der Waals surface area contributed by atoms with E-state index in [1.165, 1.54) is 71.6 Å². The van der Waals surface area contributed by atoms with Crippen LogP contribution in [0, 0.1) is 20.8 Å². The molecular weight excluding hydrogens is 707 g/mol. The van der Waals surface area contributed by atoms with Gasteiger partial charge in [0, 0.05) is 0 Å². The first kappa shape index (κ1) is 41.0. The summed E-state index contributed by atoms with van der Waals surface area (Å²) in [6, 6.07) is 38.0. The number of rotatable bonds is 2. The van der Waals surface area contributed by atoms with Crippen LogP contribution in [0.2, 0.25) is 13.1 Å². The van der Waals surface area contributed by atoms with Crippen LogP contribution in [0.25, 0.3) is 43.8 Å². The summed E-state index contributed by atoms with van der Waals surface area (Å²) >= 11 is 1.74. The average molecular weight is 757 g/mol. The van der Waals surface area contributed by atoms with Crippen molar-refractivity contribution < 1.29 is 48.1 Å². The van der Waals surface area contributed by atoms with Gasteiger partial charge in [0.25, 0.3) is 0 Å². The van der Waals surface area contributed by atoms with Crippen LogP contribution in [0.3, 0.4) is 0 Å². The van der Waals surface area contributed by atoms with Crippen LogP contribution in [0.4, 0.5) is 0 Å². The van der Waals surface area contributed by atoms with E-state index in [0.717, 1.165) is 0 Å². The van der Waals surface area contributed by atoms with Gasteiger partial charge in [0.1, 0.15) is 0 Å². The quantitative estimate of drug-likeness (QED) is 0.135. The van der Waals surface area contributed by atoms with Gasteiger partial charge in [-0.05, 0) is 33.1 Å². The van der Waals surface area contributed by atoms with Crippen LogP contribution in [0.5, 0.6) is 0 Å². The van der Waals surface area contributed by atoms with E-state index in [0.29, 0.717) is 0 Å². The van der Waals surface area contributed by atoms with Crippen LogP contribution in [-0.4, -0.2) is 5.43 Å². The summed E-state index contributed by atoms with van der Waals surface area (Å²) in [4.78, 5) is 0. The fourth-order valence-electron chi connectivity index (χ4n) is 5.82. The van der Waals surface area contributed by atoms with Crippen molar-refractivity contribution in [1.82, 2.24) is 0 Å². The molecule has 0 N–H and O–H groups in total. The Balaban J connectivity index is 0.000000283. The number of halogens is 2. The van der Waals surface area contributed by atoms with E-state index in [4.69, 9.17) is 0 Å². The predicted molar refractivity (Wildman–Crippen MR) is 199 cm³/mol. The van der Waals surface area contributed by atoms with Gasteiger partial charge in [-0.15, -0.1) is 69.1 Å². The normalized spacial score (nSPS) is 11.1. The Hall–Kier alpha value is -2.22. The molecule has 0 aliphatic heterocycles. The maximum atomic E-state index is 2.31. The number of fused-ring (bicyclic) bond motifs is 2. The zero-order chi connectivity index (χ0) is 33.1. The molecule has 0 spiro atoms. The fraction of sp³-hybridized carbons (Fsp3) is 0.302. The molecular formula is C43H50Cl2SiZr-2. The number of hydrogen-bond donors (Lipinski definition) is 0. The summed E-state index contributed by atoms with van der Waals surface area (Å²) in [6.07, 6.45) is 0. The van der Waals surface area contributed by atoms with Crippen molar-refractivity contribution in [2.45, 2.75) is 86.2 Å². The number of benzene rings is 4. The zero-order valence-corrected chi connectivity index (χ0v) is 35.0. The predicted octanol–water partition coefficient (Wildman–Crippen LogP) is 6.76. The van der Waals surface area contributed by atoms with Crippen molar-refractivity contribution >= 4 is 27.0 Å². The Morgan fingerprint density at radius 1 is 0.574 bits per heavy atom. The van der Waals surface area contributed by atoms with Crippen molar-refractivity contribution in [3.8, 4) is 22.3 Å². The van der Waals surface area contributed by atoms with E-state index >= 15 is 0 Å². The van der Waals surface area contributed by atoms with Gasteiger partial charge in [0.15, 0.2) is 0 Å². The molecule has 0 bridgehead atoms. The molecule has 0 unspecified atom stereocenters. The Morgan fingerprint density at radius 2 is 1.00 bits per heavy atom. The number of hydrogen-bond acceptors (Lipinski definition) is 0. The van der Waals surface area contributed by atoms with E-state index < -0.39 is 0 Å². The molecule has 0 radical (unpaired) electrons. The molecule has 0 fully saturated rings. The van der Waals surface area contributed by atoms with E-state index in [1.54, 1.807) is 23.3 Å². The molecule has 0 aromatic heterocycles. The summed E-state index contributed by atoms with van der Waals surface area (Å²) in [7, 11) is 0. The van der Waals surface area contributed by atoms with Gasteiger partial charge in [-0.3, -0.25) is 0 Å². The van der Waals surface area contributed by atoms with E-state index in [1.807, 2.05) is 0 Å². The third kappa shape index (κ3) is 10.4. The first-order chi connectivity index (χ1) is 21.1. The monoisotopic (exact) mass is 754 g/mol. The molecule has 0 saturated heterocycles. The van der Waals surface area contributed by atoms with Crippen LogP contribution >= 0.6 is 0 Å². The van der Waals surface area contributed by atoms with Gasteiger partial charge >= 0.3 is 41.9 Å².